The third kappa shape index (κ3) is 6.15. The highest BCUT2D eigenvalue weighted by Gasteiger charge is 2.51. The highest BCUT2D eigenvalue weighted by molar-refractivity contribution is 7.99. The fourth-order valence-corrected chi connectivity index (χ4v) is 5.50. The molecule has 2 heterocycles. The molecule has 5 nitrogen and oxygen atoms in total. The molecule has 0 aliphatic carbocycles. The van der Waals surface area contributed by atoms with Gasteiger partial charge in [0.15, 0.2) is 6.29 Å². The van der Waals surface area contributed by atoms with E-state index in [4.69, 9.17) is 23.7 Å². The third-order valence-electron chi connectivity index (χ3n) is 6.26. The molecule has 0 saturated carbocycles. The summed E-state index contributed by atoms with van der Waals surface area (Å²) in [5.41, 5.74) is 3.04. The van der Waals surface area contributed by atoms with Crippen molar-refractivity contribution in [1.82, 2.24) is 0 Å². The van der Waals surface area contributed by atoms with Crippen molar-refractivity contribution >= 4 is 11.8 Å². The molecule has 2 fully saturated rings. The minimum Gasteiger partial charge on any atom is -0.368 e. The number of fused-ring (bicyclic) bond motifs is 1. The molecule has 3 aromatic carbocycles. The predicted molar refractivity (Wildman–Crippen MR) is 137 cm³/mol. The molecule has 4 unspecified atom stereocenters. The molecule has 5 rings (SSSR count). The van der Waals surface area contributed by atoms with Gasteiger partial charge < -0.3 is 23.7 Å². The molecule has 3 aromatic rings. The molecule has 184 valence electrons. The largest absolute Gasteiger partial charge is 0.368 e. The molecule has 2 saturated heterocycles. The SMILES string of the molecule is CCS[C@@H]1OC2COC(c3ccccc3)O[C@H]2C(OCc2ccccc2)C1OCc1ccccc1. The first kappa shape index (κ1) is 24.5. The van der Waals surface area contributed by atoms with Gasteiger partial charge in [-0.2, -0.15) is 0 Å². The molecule has 6 atom stereocenters. The van der Waals surface area contributed by atoms with Gasteiger partial charge in [-0.1, -0.05) is 97.9 Å². The van der Waals surface area contributed by atoms with Crippen molar-refractivity contribution in [1.29, 1.82) is 0 Å². The Morgan fingerprint density at radius 2 is 1.31 bits per heavy atom. The Hall–Kier alpha value is -2.19. The highest BCUT2D eigenvalue weighted by atomic mass is 32.2. The van der Waals surface area contributed by atoms with Gasteiger partial charge in [-0.05, 0) is 16.9 Å². The van der Waals surface area contributed by atoms with E-state index in [-0.39, 0.29) is 29.9 Å². The van der Waals surface area contributed by atoms with Crippen LogP contribution in [0.1, 0.15) is 29.9 Å². The van der Waals surface area contributed by atoms with Crippen LogP contribution in [-0.4, -0.2) is 42.2 Å². The van der Waals surface area contributed by atoms with Crippen molar-refractivity contribution in [3.05, 3.63) is 108 Å². The summed E-state index contributed by atoms with van der Waals surface area (Å²) in [6.07, 6.45) is -1.60. The lowest BCUT2D eigenvalue weighted by Gasteiger charge is -2.49. The standard InChI is InChI=1S/C29H32O5S/c1-2-35-29-27(31-19-22-14-8-4-9-15-22)26(30-18-21-12-6-3-7-13-21)25-24(33-29)20-32-28(34-25)23-16-10-5-11-17-23/h3-17,24-29H,2,18-20H2,1H3/t24?,25-,26?,27?,28?,29+/m1/s1. The van der Waals surface area contributed by atoms with Crippen molar-refractivity contribution in [2.24, 2.45) is 0 Å². The van der Waals surface area contributed by atoms with Gasteiger partial charge in [0, 0.05) is 5.56 Å². The molecule has 2 aliphatic heterocycles. The van der Waals surface area contributed by atoms with Crippen LogP contribution in [0.15, 0.2) is 91.0 Å². The minimum atomic E-state index is -0.464. The molecule has 0 bridgehead atoms. The zero-order valence-corrected chi connectivity index (χ0v) is 20.7. The van der Waals surface area contributed by atoms with Gasteiger partial charge in [-0.25, -0.2) is 0 Å². The first-order chi connectivity index (χ1) is 17.3. The van der Waals surface area contributed by atoms with Crippen LogP contribution in [0, 0.1) is 0 Å². The zero-order valence-electron chi connectivity index (χ0n) is 19.9. The van der Waals surface area contributed by atoms with Crippen LogP contribution < -0.4 is 0 Å². The Labute approximate surface area is 211 Å². The smallest absolute Gasteiger partial charge is 0.184 e. The summed E-state index contributed by atoms with van der Waals surface area (Å²) in [5.74, 6) is 0.910. The van der Waals surface area contributed by atoms with E-state index in [0.717, 1.165) is 22.4 Å². The van der Waals surface area contributed by atoms with E-state index in [9.17, 15) is 0 Å². The molecule has 35 heavy (non-hydrogen) atoms. The summed E-state index contributed by atoms with van der Waals surface area (Å²) < 4.78 is 32.2. The highest BCUT2D eigenvalue weighted by Crippen LogP contribution is 2.39. The molecule has 6 heteroatoms. The molecule has 0 amide bonds. The average molecular weight is 493 g/mol. The van der Waals surface area contributed by atoms with Gasteiger partial charge >= 0.3 is 0 Å². The van der Waals surface area contributed by atoms with Gasteiger partial charge in [-0.15, -0.1) is 11.8 Å². The molecular formula is C29H32O5S. The summed E-state index contributed by atoms with van der Waals surface area (Å²) in [7, 11) is 0. The fourth-order valence-electron chi connectivity index (χ4n) is 4.52. The van der Waals surface area contributed by atoms with Gasteiger partial charge in [0.25, 0.3) is 0 Å². The van der Waals surface area contributed by atoms with E-state index in [1.807, 2.05) is 66.7 Å². The summed E-state index contributed by atoms with van der Waals surface area (Å²) in [6.45, 7) is 3.54. The maximum absolute atomic E-state index is 6.60. The fraction of sp³-hybridized carbons (Fsp3) is 0.379. The van der Waals surface area contributed by atoms with E-state index in [1.54, 1.807) is 11.8 Å². The average Bonchev–Trinajstić information content (AvgIpc) is 2.92. The minimum absolute atomic E-state index is 0.175. The van der Waals surface area contributed by atoms with Crippen molar-refractivity contribution in [2.45, 2.75) is 56.3 Å². The quantitative estimate of drug-likeness (QED) is 0.379. The number of benzene rings is 3. The molecule has 2 aliphatic rings. The van der Waals surface area contributed by atoms with Crippen LogP contribution in [0.2, 0.25) is 0 Å². The lowest BCUT2D eigenvalue weighted by atomic mass is 9.98. The monoisotopic (exact) mass is 492 g/mol. The number of hydrogen-bond donors (Lipinski definition) is 0. The van der Waals surface area contributed by atoms with Crippen LogP contribution >= 0.6 is 11.8 Å². The van der Waals surface area contributed by atoms with Crippen molar-refractivity contribution in [2.75, 3.05) is 12.4 Å². The first-order valence-electron chi connectivity index (χ1n) is 12.2. The molecule has 0 spiro atoms. The Morgan fingerprint density at radius 1 is 0.743 bits per heavy atom. The third-order valence-corrected chi connectivity index (χ3v) is 7.30. The summed E-state index contributed by atoms with van der Waals surface area (Å²) in [6, 6.07) is 30.5. The molecule has 0 radical (unpaired) electrons. The number of hydrogen-bond acceptors (Lipinski definition) is 6. The Morgan fingerprint density at radius 3 is 1.91 bits per heavy atom. The number of thioether (sulfide) groups is 1. The zero-order chi connectivity index (χ0) is 23.9. The van der Waals surface area contributed by atoms with Crippen molar-refractivity contribution in [3.63, 3.8) is 0 Å². The lowest BCUT2D eigenvalue weighted by molar-refractivity contribution is -0.329. The van der Waals surface area contributed by atoms with E-state index in [2.05, 4.69) is 31.2 Å². The normalized spacial score (nSPS) is 28.4. The summed E-state index contributed by atoms with van der Waals surface area (Å²) in [4.78, 5) is 0. The molecule has 0 N–H and O–H groups in total. The van der Waals surface area contributed by atoms with E-state index in [1.165, 1.54) is 0 Å². The number of rotatable bonds is 9. The Balaban J connectivity index is 1.40. The topological polar surface area (TPSA) is 46.2 Å². The van der Waals surface area contributed by atoms with Crippen LogP contribution in [0.4, 0.5) is 0 Å². The van der Waals surface area contributed by atoms with Gasteiger partial charge in [0.1, 0.15) is 29.9 Å². The maximum Gasteiger partial charge on any atom is 0.184 e. The predicted octanol–water partition coefficient (Wildman–Crippen LogP) is 5.75. The van der Waals surface area contributed by atoms with Gasteiger partial charge in [-0.3, -0.25) is 0 Å². The van der Waals surface area contributed by atoms with Crippen LogP contribution in [-0.2, 0) is 36.9 Å². The molecule has 0 aromatic heterocycles. The second-order valence-corrected chi connectivity index (χ2v) is 10.1. The summed E-state index contributed by atoms with van der Waals surface area (Å²) in [5, 5.41) is 0. The van der Waals surface area contributed by atoms with E-state index in [0.29, 0.717) is 19.8 Å². The second kappa shape index (κ2) is 12.2. The Kier molecular flexibility index (Phi) is 8.52. The Bertz CT molecular complexity index is 1020. The maximum atomic E-state index is 6.60. The van der Waals surface area contributed by atoms with E-state index >= 15 is 0 Å². The van der Waals surface area contributed by atoms with Gasteiger partial charge in [0.05, 0.1) is 19.8 Å². The lowest BCUT2D eigenvalue weighted by Crippen LogP contribution is -2.62. The van der Waals surface area contributed by atoms with Crippen LogP contribution in [0.25, 0.3) is 0 Å². The van der Waals surface area contributed by atoms with Crippen molar-refractivity contribution in [3.8, 4) is 0 Å². The molecular weight excluding hydrogens is 460 g/mol. The van der Waals surface area contributed by atoms with Crippen LogP contribution in [0.3, 0.4) is 0 Å². The van der Waals surface area contributed by atoms with E-state index < -0.39 is 6.29 Å². The first-order valence-corrected chi connectivity index (χ1v) is 13.3. The van der Waals surface area contributed by atoms with Crippen molar-refractivity contribution < 1.29 is 23.7 Å². The summed E-state index contributed by atoms with van der Waals surface area (Å²) >= 11 is 1.74. The number of ether oxygens (including phenoxy) is 5. The van der Waals surface area contributed by atoms with Crippen LogP contribution in [0.5, 0.6) is 0 Å². The second-order valence-electron chi connectivity index (χ2n) is 8.70. The van der Waals surface area contributed by atoms with Gasteiger partial charge in [0.2, 0.25) is 0 Å².